The van der Waals surface area contributed by atoms with E-state index in [0.29, 0.717) is 11.5 Å². The molecule has 1 aliphatic rings. The Kier molecular flexibility index (Phi) is 4.19. The summed E-state index contributed by atoms with van der Waals surface area (Å²) < 4.78 is 0. The second-order valence-corrected chi connectivity index (χ2v) is 4.88. The van der Waals surface area contributed by atoms with Gasteiger partial charge in [-0.05, 0) is 24.6 Å². The summed E-state index contributed by atoms with van der Waals surface area (Å²) in [6.07, 6.45) is 0. The Bertz CT molecular complexity index is 441. The molecule has 1 saturated heterocycles. The van der Waals surface area contributed by atoms with Gasteiger partial charge < -0.3 is 15.3 Å². The van der Waals surface area contributed by atoms with Gasteiger partial charge in [-0.25, -0.2) is 0 Å². The molecule has 0 aromatic heterocycles. The monoisotopic (exact) mass is 245 g/mol. The fourth-order valence-corrected chi connectivity index (χ4v) is 2.43. The number of hydrogen-bond donors (Lipinski definition) is 2. The first kappa shape index (κ1) is 12.9. The van der Waals surface area contributed by atoms with Crippen LogP contribution in [0.5, 0.6) is 0 Å². The third-order valence-electron chi connectivity index (χ3n) is 3.37. The maximum Gasteiger partial charge on any atom is 0.101 e. The van der Waals surface area contributed by atoms with Crippen LogP contribution in [0.15, 0.2) is 24.3 Å². The molecule has 2 rings (SSSR count). The predicted molar refractivity (Wildman–Crippen MR) is 71.4 cm³/mol. The van der Waals surface area contributed by atoms with E-state index in [0.717, 1.165) is 25.3 Å². The van der Waals surface area contributed by atoms with E-state index in [1.54, 1.807) is 0 Å². The third kappa shape index (κ3) is 2.63. The summed E-state index contributed by atoms with van der Waals surface area (Å²) in [7, 11) is 0. The van der Waals surface area contributed by atoms with E-state index in [2.05, 4.69) is 23.2 Å². The van der Waals surface area contributed by atoms with Crippen molar-refractivity contribution in [2.24, 2.45) is 5.92 Å². The van der Waals surface area contributed by atoms with Gasteiger partial charge in [0.25, 0.3) is 0 Å². The van der Waals surface area contributed by atoms with Crippen LogP contribution < -0.4 is 10.2 Å². The first-order chi connectivity index (χ1) is 8.76. The van der Waals surface area contributed by atoms with E-state index in [9.17, 15) is 10.4 Å². The number of hydrogen-bond acceptors (Lipinski definition) is 4. The Morgan fingerprint density at radius 3 is 2.94 bits per heavy atom. The van der Waals surface area contributed by atoms with Crippen molar-refractivity contribution in [3.63, 3.8) is 0 Å². The number of nitrogens with one attached hydrogen (secondary N) is 1. The molecule has 1 aromatic rings. The Balaban J connectivity index is 2.35. The summed E-state index contributed by atoms with van der Waals surface area (Å²) in [5.74, 6) is 0.494. The van der Waals surface area contributed by atoms with Crippen molar-refractivity contribution in [1.29, 1.82) is 5.26 Å². The molecule has 0 saturated carbocycles. The molecule has 4 heteroatoms. The third-order valence-corrected chi connectivity index (χ3v) is 3.37. The van der Waals surface area contributed by atoms with Crippen molar-refractivity contribution in [2.45, 2.75) is 13.0 Å². The van der Waals surface area contributed by atoms with Crippen LogP contribution in [0, 0.1) is 17.2 Å². The van der Waals surface area contributed by atoms with E-state index < -0.39 is 0 Å². The zero-order valence-electron chi connectivity index (χ0n) is 10.6. The number of rotatable bonds is 2. The van der Waals surface area contributed by atoms with E-state index in [1.165, 1.54) is 0 Å². The minimum atomic E-state index is 0.0319. The number of benzene rings is 1. The Morgan fingerprint density at radius 2 is 2.22 bits per heavy atom. The van der Waals surface area contributed by atoms with Gasteiger partial charge >= 0.3 is 0 Å². The molecule has 1 aliphatic heterocycles. The standard InChI is InChI=1S/C14H19N3O/c1-11-7-16-8-13(10-18)17(9-11)14-5-3-2-4-12(14)6-15/h2-5,11,13,16,18H,7-10H2,1H3. The summed E-state index contributed by atoms with van der Waals surface area (Å²) >= 11 is 0. The maximum absolute atomic E-state index is 9.53. The summed E-state index contributed by atoms with van der Waals surface area (Å²) in [6, 6.07) is 9.85. The molecule has 1 fully saturated rings. The first-order valence-electron chi connectivity index (χ1n) is 6.33. The molecule has 1 aromatic carbocycles. The molecule has 0 radical (unpaired) electrons. The molecule has 96 valence electrons. The van der Waals surface area contributed by atoms with Gasteiger partial charge in [0.05, 0.1) is 23.9 Å². The lowest BCUT2D eigenvalue weighted by Crippen LogP contribution is -2.43. The topological polar surface area (TPSA) is 59.3 Å². The number of anilines is 1. The van der Waals surface area contributed by atoms with Gasteiger partial charge in [0.2, 0.25) is 0 Å². The van der Waals surface area contributed by atoms with Crippen LogP contribution in [0.3, 0.4) is 0 Å². The fourth-order valence-electron chi connectivity index (χ4n) is 2.43. The van der Waals surface area contributed by atoms with Crippen LogP contribution in [0.1, 0.15) is 12.5 Å². The van der Waals surface area contributed by atoms with Crippen molar-refractivity contribution >= 4 is 5.69 Å². The van der Waals surface area contributed by atoms with Crippen LogP contribution in [0.25, 0.3) is 0 Å². The smallest absolute Gasteiger partial charge is 0.101 e. The molecule has 1 heterocycles. The summed E-state index contributed by atoms with van der Waals surface area (Å²) in [6.45, 7) is 4.83. The number of aliphatic hydroxyl groups excluding tert-OH is 1. The maximum atomic E-state index is 9.53. The van der Waals surface area contributed by atoms with Crippen LogP contribution in [-0.4, -0.2) is 37.4 Å². The van der Waals surface area contributed by atoms with E-state index in [-0.39, 0.29) is 12.6 Å². The van der Waals surface area contributed by atoms with Crippen molar-refractivity contribution in [3.05, 3.63) is 29.8 Å². The van der Waals surface area contributed by atoms with Gasteiger partial charge in [0.1, 0.15) is 6.07 Å². The van der Waals surface area contributed by atoms with Crippen LogP contribution in [0.4, 0.5) is 5.69 Å². The molecular weight excluding hydrogens is 226 g/mol. The Hall–Kier alpha value is -1.57. The lowest BCUT2D eigenvalue weighted by molar-refractivity contribution is 0.259. The summed E-state index contributed by atoms with van der Waals surface area (Å²) in [5.41, 5.74) is 1.60. The van der Waals surface area contributed by atoms with Gasteiger partial charge in [-0.2, -0.15) is 5.26 Å². The van der Waals surface area contributed by atoms with E-state index in [4.69, 9.17) is 0 Å². The largest absolute Gasteiger partial charge is 0.394 e. The van der Waals surface area contributed by atoms with Gasteiger partial charge in [-0.15, -0.1) is 0 Å². The van der Waals surface area contributed by atoms with Crippen molar-refractivity contribution in [3.8, 4) is 6.07 Å². The fraction of sp³-hybridized carbons (Fsp3) is 0.500. The molecule has 0 bridgehead atoms. The highest BCUT2D eigenvalue weighted by atomic mass is 16.3. The van der Waals surface area contributed by atoms with Crippen LogP contribution in [-0.2, 0) is 0 Å². The predicted octanol–water partition coefficient (Wildman–Crippen LogP) is 0.965. The van der Waals surface area contributed by atoms with E-state index in [1.807, 2.05) is 24.3 Å². The summed E-state index contributed by atoms with van der Waals surface area (Å²) in [5, 5.41) is 22.1. The molecule has 4 nitrogen and oxygen atoms in total. The molecule has 18 heavy (non-hydrogen) atoms. The minimum Gasteiger partial charge on any atom is -0.394 e. The SMILES string of the molecule is CC1CNCC(CO)N(c2ccccc2C#N)C1. The molecular formula is C14H19N3O. The van der Waals surface area contributed by atoms with Crippen molar-refractivity contribution in [2.75, 3.05) is 31.1 Å². The van der Waals surface area contributed by atoms with Gasteiger partial charge in [0, 0.05) is 13.1 Å². The lowest BCUT2D eigenvalue weighted by Gasteiger charge is -2.32. The zero-order chi connectivity index (χ0) is 13.0. The average molecular weight is 245 g/mol. The highest BCUT2D eigenvalue weighted by molar-refractivity contribution is 5.60. The van der Waals surface area contributed by atoms with E-state index >= 15 is 0 Å². The minimum absolute atomic E-state index is 0.0319. The second kappa shape index (κ2) is 5.85. The molecule has 0 amide bonds. The average Bonchev–Trinajstić information content (AvgIpc) is 2.60. The van der Waals surface area contributed by atoms with Crippen LogP contribution >= 0.6 is 0 Å². The molecule has 2 unspecified atom stereocenters. The Labute approximate surface area is 108 Å². The normalized spacial score (nSPS) is 24.4. The number of para-hydroxylation sites is 1. The highest BCUT2D eigenvalue weighted by Crippen LogP contribution is 2.24. The molecule has 2 atom stereocenters. The molecule has 0 spiro atoms. The molecule has 0 aliphatic carbocycles. The second-order valence-electron chi connectivity index (χ2n) is 4.88. The lowest BCUT2D eigenvalue weighted by atomic mass is 10.1. The highest BCUT2D eigenvalue weighted by Gasteiger charge is 2.25. The summed E-state index contributed by atoms with van der Waals surface area (Å²) in [4.78, 5) is 2.16. The van der Waals surface area contributed by atoms with Gasteiger partial charge in [0.15, 0.2) is 0 Å². The number of nitrogens with zero attached hydrogens (tertiary/aromatic N) is 2. The number of nitriles is 1. The quantitative estimate of drug-likeness (QED) is 0.815. The number of aliphatic hydroxyl groups is 1. The Morgan fingerprint density at radius 1 is 1.44 bits per heavy atom. The molecule has 2 N–H and O–H groups in total. The first-order valence-corrected chi connectivity index (χ1v) is 6.33. The van der Waals surface area contributed by atoms with Gasteiger partial charge in [-0.1, -0.05) is 19.1 Å². The van der Waals surface area contributed by atoms with Gasteiger partial charge in [-0.3, -0.25) is 0 Å². The zero-order valence-corrected chi connectivity index (χ0v) is 10.6. The van der Waals surface area contributed by atoms with Crippen molar-refractivity contribution < 1.29 is 5.11 Å². The van der Waals surface area contributed by atoms with Crippen molar-refractivity contribution in [1.82, 2.24) is 5.32 Å². The van der Waals surface area contributed by atoms with Crippen LogP contribution in [0.2, 0.25) is 0 Å².